The van der Waals surface area contributed by atoms with Crippen LogP contribution in [-0.2, 0) is 0 Å². The average molecular weight is 270 g/mol. The van der Waals surface area contributed by atoms with Crippen LogP contribution in [-0.4, -0.2) is 10.2 Å². The summed E-state index contributed by atoms with van der Waals surface area (Å²) in [5.41, 5.74) is 3.95. The minimum absolute atomic E-state index is 0.723. The molecule has 2 N–H and O–H groups in total. The molecular formula is C15H12ClN3. The van der Waals surface area contributed by atoms with Crippen molar-refractivity contribution in [2.24, 2.45) is 0 Å². The van der Waals surface area contributed by atoms with Crippen molar-refractivity contribution in [2.75, 3.05) is 5.32 Å². The van der Waals surface area contributed by atoms with Crippen LogP contribution in [0.3, 0.4) is 0 Å². The highest BCUT2D eigenvalue weighted by atomic mass is 35.5. The maximum Gasteiger partial charge on any atom is 0.0885 e. The van der Waals surface area contributed by atoms with Crippen LogP contribution in [0.4, 0.5) is 11.4 Å². The molecule has 1 heterocycles. The van der Waals surface area contributed by atoms with E-state index in [9.17, 15) is 0 Å². The zero-order chi connectivity index (χ0) is 13.1. The lowest BCUT2D eigenvalue weighted by Crippen LogP contribution is -1.90. The van der Waals surface area contributed by atoms with Crippen molar-refractivity contribution < 1.29 is 0 Å². The quantitative estimate of drug-likeness (QED) is 0.736. The van der Waals surface area contributed by atoms with E-state index in [1.807, 2.05) is 54.6 Å². The predicted molar refractivity (Wildman–Crippen MR) is 78.8 cm³/mol. The summed E-state index contributed by atoms with van der Waals surface area (Å²) in [7, 11) is 0. The Balaban J connectivity index is 1.92. The van der Waals surface area contributed by atoms with Gasteiger partial charge in [0, 0.05) is 16.3 Å². The zero-order valence-electron chi connectivity index (χ0n) is 10.1. The largest absolute Gasteiger partial charge is 0.352 e. The number of nitrogens with one attached hydrogen (secondary N) is 2. The Morgan fingerprint density at radius 2 is 1.68 bits per heavy atom. The van der Waals surface area contributed by atoms with Gasteiger partial charge >= 0.3 is 0 Å². The molecule has 3 rings (SSSR count). The summed E-state index contributed by atoms with van der Waals surface area (Å²) in [6.45, 7) is 0. The standard InChI is InChI=1S/C15H12ClN3/c16-12-8-6-11(7-9-12)15-14(10-17-19-15)18-13-4-2-1-3-5-13/h1-10,18H,(H,17,19). The summed E-state index contributed by atoms with van der Waals surface area (Å²) in [5, 5.41) is 11.2. The van der Waals surface area contributed by atoms with E-state index in [1.54, 1.807) is 6.20 Å². The fourth-order valence-electron chi connectivity index (χ4n) is 1.89. The Labute approximate surface area is 116 Å². The predicted octanol–water partition coefficient (Wildman–Crippen LogP) is 4.47. The third-order valence-electron chi connectivity index (χ3n) is 2.83. The van der Waals surface area contributed by atoms with Gasteiger partial charge in [0.1, 0.15) is 0 Å². The average Bonchev–Trinajstić information content (AvgIpc) is 2.89. The van der Waals surface area contributed by atoms with E-state index in [0.29, 0.717) is 0 Å². The van der Waals surface area contributed by atoms with Gasteiger partial charge in [-0.25, -0.2) is 0 Å². The number of aromatic amines is 1. The van der Waals surface area contributed by atoms with E-state index in [2.05, 4.69) is 15.5 Å². The number of anilines is 2. The monoisotopic (exact) mass is 269 g/mol. The molecule has 2 aromatic carbocycles. The van der Waals surface area contributed by atoms with Gasteiger partial charge in [-0.15, -0.1) is 0 Å². The molecular weight excluding hydrogens is 258 g/mol. The molecule has 94 valence electrons. The minimum atomic E-state index is 0.723. The molecule has 0 aliphatic carbocycles. The van der Waals surface area contributed by atoms with Crippen LogP contribution in [0, 0.1) is 0 Å². The summed E-state index contributed by atoms with van der Waals surface area (Å²) in [5.74, 6) is 0. The number of para-hydroxylation sites is 1. The van der Waals surface area contributed by atoms with Crippen LogP contribution in [0.25, 0.3) is 11.3 Å². The van der Waals surface area contributed by atoms with Crippen molar-refractivity contribution in [1.29, 1.82) is 0 Å². The van der Waals surface area contributed by atoms with Crippen molar-refractivity contribution in [2.45, 2.75) is 0 Å². The Morgan fingerprint density at radius 1 is 0.947 bits per heavy atom. The molecule has 19 heavy (non-hydrogen) atoms. The first-order valence-corrected chi connectivity index (χ1v) is 6.32. The topological polar surface area (TPSA) is 40.7 Å². The number of H-pyrrole nitrogens is 1. The lowest BCUT2D eigenvalue weighted by molar-refractivity contribution is 1.10. The van der Waals surface area contributed by atoms with Crippen LogP contribution in [0.15, 0.2) is 60.8 Å². The van der Waals surface area contributed by atoms with Gasteiger partial charge in [-0.2, -0.15) is 5.10 Å². The Morgan fingerprint density at radius 3 is 2.42 bits per heavy atom. The van der Waals surface area contributed by atoms with E-state index in [0.717, 1.165) is 27.7 Å². The highest BCUT2D eigenvalue weighted by Crippen LogP contribution is 2.28. The van der Waals surface area contributed by atoms with E-state index in [4.69, 9.17) is 11.6 Å². The number of rotatable bonds is 3. The van der Waals surface area contributed by atoms with Crippen LogP contribution in [0.1, 0.15) is 0 Å². The number of benzene rings is 2. The summed E-state index contributed by atoms with van der Waals surface area (Å²) in [6.07, 6.45) is 1.77. The van der Waals surface area contributed by atoms with Crippen LogP contribution < -0.4 is 5.32 Å². The first-order chi connectivity index (χ1) is 9.33. The third kappa shape index (κ3) is 2.61. The molecule has 0 atom stereocenters. The Hall–Kier alpha value is -2.26. The Bertz CT molecular complexity index is 659. The molecule has 0 aliphatic heterocycles. The van der Waals surface area contributed by atoms with Gasteiger partial charge in [-0.05, 0) is 24.3 Å². The van der Waals surface area contributed by atoms with Crippen molar-refractivity contribution in [3.8, 4) is 11.3 Å². The number of hydrogen-bond acceptors (Lipinski definition) is 2. The smallest absolute Gasteiger partial charge is 0.0885 e. The van der Waals surface area contributed by atoms with Crippen molar-refractivity contribution in [3.05, 3.63) is 65.8 Å². The molecule has 3 nitrogen and oxygen atoms in total. The van der Waals surface area contributed by atoms with E-state index in [-0.39, 0.29) is 0 Å². The van der Waals surface area contributed by atoms with E-state index < -0.39 is 0 Å². The van der Waals surface area contributed by atoms with Crippen LogP contribution >= 0.6 is 11.6 Å². The summed E-state index contributed by atoms with van der Waals surface area (Å²) >= 11 is 5.90. The summed E-state index contributed by atoms with van der Waals surface area (Å²) < 4.78 is 0. The SMILES string of the molecule is Clc1ccc(-c2[nH]ncc2Nc2ccccc2)cc1. The number of nitrogens with zero attached hydrogens (tertiary/aromatic N) is 1. The number of halogens is 1. The summed E-state index contributed by atoms with van der Waals surface area (Å²) in [4.78, 5) is 0. The number of hydrogen-bond donors (Lipinski definition) is 2. The summed E-state index contributed by atoms with van der Waals surface area (Å²) in [6, 6.07) is 17.7. The molecule has 0 radical (unpaired) electrons. The molecule has 0 amide bonds. The van der Waals surface area contributed by atoms with E-state index in [1.165, 1.54) is 0 Å². The molecule has 0 bridgehead atoms. The minimum Gasteiger partial charge on any atom is -0.352 e. The van der Waals surface area contributed by atoms with Gasteiger partial charge in [0.05, 0.1) is 17.6 Å². The second-order valence-corrected chi connectivity index (χ2v) is 4.59. The maximum absolute atomic E-state index is 5.90. The molecule has 0 aliphatic rings. The van der Waals surface area contributed by atoms with Crippen molar-refractivity contribution >= 4 is 23.0 Å². The molecule has 3 aromatic rings. The first-order valence-electron chi connectivity index (χ1n) is 5.94. The van der Waals surface area contributed by atoms with Crippen LogP contribution in [0.5, 0.6) is 0 Å². The van der Waals surface area contributed by atoms with Gasteiger partial charge in [0.25, 0.3) is 0 Å². The van der Waals surface area contributed by atoms with Gasteiger partial charge in [-0.3, -0.25) is 5.10 Å². The molecule has 0 spiro atoms. The first kappa shape index (κ1) is 11.8. The van der Waals surface area contributed by atoms with Gasteiger partial charge < -0.3 is 5.32 Å². The van der Waals surface area contributed by atoms with Crippen molar-refractivity contribution in [3.63, 3.8) is 0 Å². The fourth-order valence-corrected chi connectivity index (χ4v) is 2.02. The van der Waals surface area contributed by atoms with Crippen LogP contribution in [0.2, 0.25) is 5.02 Å². The molecule has 0 saturated heterocycles. The van der Waals surface area contributed by atoms with Gasteiger partial charge in [0.15, 0.2) is 0 Å². The zero-order valence-corrected chi connectivity index (χ0v) is 10.9. The normalized spacial score (nSPS) is 10.4. The molecule has 0 fully saturated rings. The van der Waals surface area contributed by atoms with Gasteiger partial charge in [-0.1, -0.05) is 41.9 Å². The second-order valence-electron chi connectivity index (χ2n) is 4.16. The molecule has 0 saturated carbocycles. The van der Waals surface area contributed by atoms with E-state index >= 15 is 0 Å². The fraction of sp³-hybridized carbons (Fsp3) is 0. The third-order valence-corrected chi connectivity index (χ3v) is 3.08. The lowest BCUT2D eigenvalue weighted by atomic mass is 10.1. The lowest BCUT2D eigenvalue weighted by Gasteiger charge is -2.06. The Kier molecular flexibility index (Phi) is 3.21. The highest BCUT2D eigenvalue weighted by Gasteiger charge is 2.07. The van der Waals surface area contributed by atoms with Crippen molar-refractivity contribution in [1.82, 2.24) is 10.2 Å². The molecule has 1 aromatic heterocycles. The second kappa shape index (κ2) is 5.16. The van der Waals surface area contributed by atoms with Gasteiger partial charge in [0.2, 0.25) is 0 Å². The maximum atomic E-state index is 5.90. The molecule has 0 unspecified atom stereocenters. The number of aromatic nitrogens is 2. The molecule has 4 heteroatoms. The highest BCUT2D eigenvalue weighted by molar-refractivity contribution is 6.30.